The molecule has 1 atom stereocenters. The average molecular weight is 512 g/mol. The smallest absolute Gasteiger partial charge is 0.284 e. The van der Waals surface area contributed by atoms with Crippen LogP contribution in [0.25, 0.3) is 16.7 Å². The third-order valence-electron chi connectivity index (χ3n) is 6.28. The molecule has 0 bridgehead atoms. The highest BCUT2D eigenvalue weighted by atomic mass is 35.5. The van der Waals surface area contributed by atoms with Crippen molar-refractivity contribution in [1.29, 1.82) is 0 Å². The van der Waals surface area contributed by atoms with Crippen LogP contribution in [0.3, 0.4) is 0 Å². The Morgan fingerprint density at radius 2 is 1.89 bits per heavy atom. The van der Waals surface area contributed by atoms with Crippen molar-refractivity contribution in [2.75, 3.05) is 23.3 Å². The van der Waals surface area contributed by atoms with E-state index in [-0.39, 0.29) is 27.3 Å². The van der Waals surface area contributed by atoms with Crippen LogP contribution in [0.2, 0.25) is 10.0 Å². The van der Waals surface area contributed by atoms with E-state index in [0.29, 0.717) is 12.2 Å². The van der Waals surface area contributed by atoms with E-state index in [1.54, 1.807) is 18.2 Å². The summed E-state index contributed by atoms with van der Waals surface area (Å²) >= 11 is 12.5. The van der Waals surface area contributed by atoms with Crippen LogP contribution in [0.5, 0.6) is 0 Å². The highest BCUT2D eigenvalue weighted by Crippen LogP contribution is 2.36. The molecule has 9 nitrogen and oxygen atoms in total. The Morgan fingerprint density at radius 1 is 1.14 bits per heavy atom. The monoisotopic (exact) mass is 511 g/mol. The first-order chi connectivity index (χ1) is 16.8. The number of nitrogens with two attached hydrogens (primary N) is 1. The van der Waals surface area contributed by atoms with Crippen LogP contribution >= 0.6 is 23.2 Å². The lowest BCUT2D eigenvalue weighted by atomic mass is 10.2. The van der Waals surface area contributed by atoms with Crippen LogP contribution in [0.4, 0.5) is 11.4 Å². The van der Waals surface area contributed by atoms with E-state index in [9.17, 15) is 9.59 Å². The first kappa shape index (κ1) is 23.3. The number of fused-ring (bicyclic) bond motifs is 1. The summed E-state index contributed by atoms with van der Waals surface area (Å²) in [7, 11) is 1.95. The van der Waals surface area contributed by atoms with Gasteiger partial charge in [0.15, 0.2) is 0 Å². The van der Waals surface area contributed by atoms with Gasteiger partial charge < -0.3 is 20.5 Å². The summed E-state index contributed by atoms with van der Waals surface area (Å²) in [5.74, 6) is 0.271. The van der Waals surface area contributed by atoms with Gasteiger partial charge >= 0.3 is 0 Å². The van der Waals surface area contributed by atoms with Crippen molar-refractivity contribution in [2.24, 2.45) is 12.8 Å². The molecule has 180 valence electrons. The molecule has 1 aliphatic rings. The molecule has 0 spiro atoms. The SMILES string of the molecule is Cc1nc2c(N3CC[C@H](N)C3)c(NC(=O)c3ccnn(-c4c(Cl)cccc4Cl)c3=O)ccc2n1C. The van der Waals surface area contributed by atoms with E-state index in [1.165, 1.54) is 12.3 Å². The standard InChI is InChI=1S/C24H23Cl2N7O2/c1-13-29-20-19(31(13)2)7-6-18(22(20)32-11-9-14(27)12-32)30-23(34)15-8-10-28-33(24(15)35)21-16(25)4-3-5-17(21)26/h3-8,10,14H,9,11-12,27H2,1-2H3,(H,30,34)/t14-/m0/s1. The van der Waals surface area contributed by atoms with E-state index >= 15 is 0 Å². The van der Waals surface area contributed by atoms with E-state index in [0.717, 1.165) is 40.2 Å². The summed E-state index contributed by atoms with van der Waals surface area (Å²) in [5.41, 5.74) is 8.70. The van der Waals surface area contributed by atoms with E-state index in [1.807, 2.05) is 30.7 Å². The number of hydrogen-bond donors (Lipinski definition) is 2. The molecule has 5 rings (SSSR count). The Bertz CT molecular complexity index is 1510. The van der Waals surface area contributed by atoms with Crippen LogP contribution in [0.15, 0.2) is 47.4 Å². The summed E-state index contributed by atoms with van der Waals surface area (Å²) in [6.07, 6.45) is 2.20. The second-order valence-corrected chi connectivity index (χ2v) is 9.34. The number of para-hydroxylation sites is 1. The molecule has 1 fully saturated rings. The molecule has 4 aromatic rings. The van der Waals surface area contributed by atoms with Gasteiger partial charge in [-0.25, -0.2) is 4.98 Å². The lowest BCUT2D eigenvalue weighted by Gasteiger charge is -2.22. The largest absolute Gasteiger partial charge is 0.366 e. The van der Waals surface area contributed by atoms with Gasteiger partial charge in [-0.2, -0.15) is 9.78 Å². The quantitative estimate of drug-likeness (QED) is 0.433. The van der Waals surface area contributed by atoms with Gasteiger partial charge in [0.2, 0.25) is 0 Å². The lowest BCUT2D eigenvalue weighted by molar-refractivity contribution is 0.102. The molecule has 2 aromatic heterocycles. The summed E-state index contributed by atoms with van der Waals surface area (Å²) in [4.78, 5) is 33.4. The zero-order valence-corrected chi connectivity index (χ0v) is 20.6. The van der Waals surface area contributed by atoms with Crippen molar-refractivity contribution in [3.8, 4) is 5.69 Å². The minimum absolute atomic E-state index is 0.0337. The number of carbonyl (C=O) groups is 1. The number of nitrogens with one attached hydrogen (secondary N) is 1. The fourth-order valence-corrected chi connectivity index (χ4v) is 4.96. The van der Waals surface area contributed by atoms with E-state index in [2.05, 4.69) is 15.3 Å². The molecule has 3 N–H and O–H groups in total. The maximum absolute atomic E-state index is 13.3. The van der Waals surface area contributed by atoms with Crippen molar-refractivity contribution in [2.45, 2.75) is 19.4 Å². The zero-order valence-electron chi connectivity index (χ0n) is 19.1. The van der Waals surface area contributed by atoms with Crippen LogP contribution in [0.1, 0.15) is 22.6 Å². The predicted molar refractivity (Wildman–Crippen MR) is 138 cm³/mol. The molecule has 0 unspecified atom stereocenters. The van der Waals surface area contributed by atoms with Gasteiger partial charge in [0.25, 0.3) is 11.5 Å². The molecule has 11 heteroatoms. The van der Waals surface area contributed by atoms with Gasteiger partial charge in [0.1, 0.15) is 22.6 Å². The first-order valence-electron chi connectivity index (χ1n) is 11.1. The molecule has 1 aliphatic heterocycles. The molecular formula is C24H23Cl2N7O2. The minimum atomic E-state index is -0.639. The summed E-state index contributed by atoms with van der Waals surface area (Å²) in [6, 6.07) is 9.99. The van der Waals surface area contributed by atoms with Crippen LogP contribution in [-0.2, 0) is 7.05 Å². The minimum Gasteiger partial charge on any atom is -0.366 e. The fraction of sp³-hybridized carbons (Fsp3) is 0.250. The van der Waals surface area contributed by atoms with Crippen LogP contribution < -0.4 is 21.5 Å². The van der Waals surface area contributed by atoms with Crippen molar-refractivity contribution in [1.82, 2.24) is 19.3 Å². The van der Waals surface area contributed by atoms with Crippen molar-refractivity contribution in [3.63, 3.8) is 0 Å². The summed E-state index contributed by atoms with van der Waals surface area (Å²) in [6.45, 7) is 3.31. The number of anilines is 2. The fourth-order valence-electron chi connectivity index (χ4n) is 4.40. The van der Waals surface area contributed by atoms with Crippen LogP contribution in [0, 0.1) is 6.92 Å². The third-order valence-corrected chi connectivity index (χ3v) is 6.89. The topological polar surface area (TPSA) is 111 Å². The molecule has 1 amide bonds. The number of rotatable bonds is 4. The lowest BCUT2D eigenvalue weighted by Crippen LogP contribution is -2.31. The number of carbonyl (C=O) groups excluding carboxylic acids is 1. The number of aryl methyl sites for hydroxylation is 2. The van der Waals surface area contributed by atoms with Gasteiger partial charge in [-0.3, -0.25) is 9.59 Å². The summed E-state index contributed by atoms with van der Waals surface area (Å²) in [5, 5.41) is 7.48. The molecule has 0 saturated carbocycles. The highest BCUT2D eigenvalue weighted by molar-refractivity contribution is 6.37. The second kappa shape index (κ2) is 8.99. The Kier molecular flexibility index (Phi) is 6.00. The molecular weight excluding hydrogens is 489 g/mol. The molecule has 35 heavy (non-hydrogen) atoms. The molecule has 0 aliphatic carbocycles. The van der Waals surface area contributed by atoms with Crippen molar-refractivity contribution < 1.29 is 4.79 Å². The summed E-state index contributed by atoms with van der Waals surface area (Å²) < 4.78 is 3.03. The number of benzene rings is 2. The molecule has 1 saturated heterocycles. The second-order valence-electron chi connectivity index (χ2n) is 8.53. The van der Waals surface area contributed by atoms with Gasteiger partial charge in [-0.05, 0) is 43.7 Å². The highest BCUT2D eigenvalue weighted by Gasteiger charge is 2.27. The number of amides is 1. The maximum Gasteiger partial charge on any atom is 0.284 e. The Morgan fingerprint density at radius 3 is 2.57 bits per heavy atom. The predicted octanol–water partition coefficient (Wildman–Crippen LogP) is 3.52. The Labute approximate surface area is 211 Å². The Hall–Kier alpha value is -3.40. The number of nitrogens with zero attached hydrogens (tertiary/aromatic N) is 5. The number of hydrogen-bond acceptors (Lipinski definition) is 6. The third kappa shape index (κ3) is 4.05. The zero-order chi connectivity index (χ0) is 24.9. The van der Waals surface area contributed by atoms with E-state index in [4.69, 9.17) is 33.9 Å². The molecule has 3 heterocycles. The van der Waals surface area contributed by atoms with Gasteiger partial charge in [-0.1, -0.05) is 29.3 Å². The van der Waals surface area contributed by atoms with Gasteiger partial charge in [0.05, 0.1) is 26.9 Å². The first-order valence-corrected chi connectivity index (χ1v) is 11.8. The van der Waals surface area contributed by atoms with Gasteiger partial charge in [-0.15, -0.1) is 0 Å². The molecule has 2 aromatic carbocycles. The average Bonchev–Trinajstić information content (AvgIpc) is 3.37. The van der Waals surface area contributed by atoms with Crippen molar-refractivity contribution in [3.05, 3.63) is 74.4 Å². The van der Waals surface area contributed by atoms with Gasteiger partial charge in [0, 0.05) is 32.4 Å². The normalized spacial score (nSPS) is 15.7. The van der Waals surface area contributed by atoms with Crippen LogP contribution in [-0.4, -0.2) is 44.4 Å². The number of halogens is 2. The van der Waals surface area contributed by atoms with E-state index < -0.39 is 11.5 Å². The molecule has 0 radical (unpaired) electrons. The number of aromatic nitrogens is 4. The number of imidazole rings is 1. The maximum atomic E-state index is 13.3. The Balaban J connectivity index is 1.58. The van der Waals surface area contributed by atoms with Crippen molar-refractivity contribution >= 4 is 51.5 Å².